The second-order valence-corrected chi connectivity index (χ2v) is 8.88. The lowest BCUT2D eigenvalue weighted by atomic mass is 9.93. The first-order valence-electron chi connectivity index (χ1n) is 11.1. The van der Waals surface area contributed by atoms with Crippen molar-refractivity contribution in [2.24, 2.45) is 13.0 Å². The maximum atomic E-state index is 13.5. The van der Waals surface area contributed by atoms with E-state index in [1.807, 2.05) is 12.1 Å². The number of hydrogen-bond acceptors (Lipinski definition) is 1. The molecule has 2 heterocycles. The number of aryl methyl sites for hydroxylation is 1. The number of carbonyl (C=O) groups is 1. The van der Waals surface area contributed by atoms with Crippen LogP contribution in [0.5, 0.6) is 0 Å². The summed E-state index contributed by atoms with van der Waals surface area (Å²) in [4.78, 5) is 15.6. The van der Waals surface area contributed by atoms with Gasteiger partial charge in [0.15, 0.2) is 0 Å². The van der Waals surface area contributed by atoms with Crippen molar-refractivity contribution in [2.45, 2.75) is 26.3 Å². The molecule has 5 rings (SSSR count). The molecule has 3 nitrogen and oxygen atoms in total. The average Bonchev–Trinajstić information content (AvgIpc) is 3.24. The van der Waals surface area contributed by atoms with E-state index in [4.69, 9.17) is 0 Å². The van der Waals surface area contributed by atoms with Crippen LogP contribution in [0.1, 0.15) is 47.8 Å². The Hall–Kier alpha value is -3.33. The van der Waals surface area contributed by atoms with E-state index < -0.39 is 0 Å². The molecule has 0 fully saturated rings. The Morgan fingerprint density at radius 2 is 1.55 bits per heavy atom. The third kappa shape index (κ3) is 3.16. The van der Waals surface area contributed by atoms with Gasteiger partial charge in [0.2, 0.25) is 0 Å². The Kier molecular flexibility index (Phi) is 4.90. The molecular formula is C28H28N2O. The fourth-order valence-electron chi connectivity index (χ4n) is 4.95. The molecule has 0 bridgehead atoms. The second-order valence-electron chi connectivity index (χ2n) is 8.88. The normalized spacial score (nSPS) is 15.8. The van der Waals surface area contributed by atoms with Gasteiger partial charge in [-0.25, -0.2) is 0 Å². The number of carbonyl (C=O) groups excluding carboxylic acids is 1. The second kappa shape index (κ2) is 7.73. The molecule has 0 saturated carbocycles. The Bertz CT molecular complexity index is 1250. The Balaban J connectivity index is 1.80. The van der Waals surface area contributed by atoms with Gasteiger partial charge in [-0.05, 0) is 35.6 Å². The molecule has 1 amide bonds. The van der Waals surface area contributed by atoms with Crippen molar-refractivity contribution in [2.75, 3.05) is 6.54 Å². The van der Waals surface area contributed by atoms with Crippen LogP contribution in [-0.4, -0.2) is 21.9 Å². The van der Waals surface area contributed by atoms with Gasteiger partial charge in [-0.2, -0.15) is 0 Å². The Morgan fingerprint density at radius 3 is 2.32 bits per heavy atom. The zero-order valence-electron chi connectivity index (χ0n) is 18.4. The molecule has 0 spiro atoms. The predicted octanol–water partition coefficient (Wildman–Crippen LogP) is 6.44. The molecule has 0 unspecified atom stereocenters. The number of para-hydroxylation sites is 1. The maximum absolute atomic E-state index is 13.5. The quantitative estimate of drug-likeness (QED) is 0.373. The molecule has 1 aliphatic rings. The lowest BCUT2D eigenvalue weighted by Gasteiger charge is -2.27. The highest BCUT2D eigenvalue weighted by molar-refractivity contribution is 6.02. The lowest BCUT2D eigenvalue weighted by molar-refractivity contribution is 0.0742. The molecule has 156 valence electrons. The van der Waals surface area contributed by atoms with Crippen LogP contribution in [0, 0.1) is 5.92 Å². The van der Waals surface area contributed by atoms with Crippen molar-refractivity contribution >= 4 is 16.8 Å². The van der Waals surface area contributed by atoms with Crippen LogP contribution in [0.4, 0.5) is 0 Å². The third-order valence-electron chi connectivity index (χ3n) is 6.47. The summed E-state index contributed by atoms with van der Waals surface area (Å²) in [6, 6.07) is 27.2. The largest absolute Gasteiger partial charge is 0.343 e. The minimum atomic E-state index is -0.0799. The fraction of sp³-hybridized carbons (Fsp3) is 0.250. The van der Waals surface area contributed by atoms with Gasteiger partial charge in [0.1, 0.15) is 0 Å². The topological polar surface area (TPSA) is 25.2 Å². The number of hydrogen-bond donors (Lipinski definition) is 0. The maximum Gasteiger partial charge on any atom is 0.255 e. The zero-order valence-corrected chi connectivity index (χ0v) is 18.4. The van der Waals surface area contributed by atoms with Crippen molar-refractivity contribution in [3.8, 4) is 11.3 Å². The first kappa shape index (κ1) is 19.6. The third-order valence-corrected chi connectivity index (χ3v) is 6.47. The van der Waals surface area contributed by atoms with E-state index in [1.165, 1.54) is 27.7 Å². The van der Waals surface area contributed by atoms with E-state index in [1.54, 1.807) is 0 Å². The van der Waals surface area contributed by atoms with E-state index in [0.29, 0.717) is 5.92 Å². The van der Waals surface area contributed by atoms with Gasteiger partial charge >= 0.3 is 0 Å². The van der Waals surface area contributed by atoms with Crippen LogP contribution in [0.15, 0.2) is 78.9 Å². The lowest BCUT2D eigenvalue weighted by Crippen LogP contribution is -2.30. The summed E-state index contributed by atoms with van der Waals surface area (Å²) < 4.78 is 2.28. The molecule has 3 heteroatoms. The smallest absolute Gasteiger partial charge is 0.255 e. The van der Waals surface area contributed by atoms with E-state index in [-0.39, 0.29) is 11.9 Å². The monoisotopic (exact) mass is 408 g/mol. The highest BCUT2D eigenvalue weighted by atomic mass is 16.2. The number of fused-ring (bicyclic) bond motifs is 2. The van der Waals surface area contributed by atoms with Gasteiger partial charge in [-0.15, -0.1) is 0 Å². The van der Waals surface area contributed by atoms with Crippen LogP contribution in [0.25, 0.3) is 22.2 Å². The van der Waals surface area contributed by atoms with Crippen LogP contribution >= 0.6 is 0 Å². The highest BCUT2D eigenvalue weighted by Gasteiger charge is 2.40. The summed E-state index contributed by atoms with van der Waals surface area (Å²) in [5.74, 6) is 0.687. The number of nitrogens with zero attached hydrogens (tertiary/aromatic N) is 2. The van der Waals surface area contributed by atoms with Gasteiger partial charge in [0.05, 0.1) is 11.7 Å². The van der Waals surface area contributed by atoms with Gasteiger partial charge < -0.3 is 9.47 Å². The van der Waals surface area contributed by atoms with Crippen LogP contribution in [0.3, 0.4) is 0 Å². The molecule has 1 atom stereocenters. The van der Waals surface area contributed by atoms with E-state index in [2.05, 4.69) is 97.1 Å². The van der Waals surface area contributed by atoms with Crippen LogP contribution in [-0.2, 0) is 7.05 Å². The number of rotatable bonds is 5. The molecule has 3 aromatic carbocycles. The average molecular weight is 409 g/mol. The molecule has 0 radical (unpaired) electrons. The Morgan fingerprint density at radius 1 is 0.871 bits per heavy atom. The van der Waals surface area contributed by atoms with E-state index in [9.17, 15) is 4.79 Å². The van der Waals surface area contributed by atoms with E-state index >= 15 is 0 Å². The minimum Gasteiger partial charge on any atom is -0.343 e. The standard InChI is InChI=1S/C28H28N2O/c1-19(2)17-18-30-27(21-13-7-8-14-22(21)28(30)31)25-23-15-9-10-16-24(23)29(3)26(25)20-11-5-4-6-12-20/h4-16,19,27H,17-18H2,1-3H3/t27-/m1/s1. The molecule has 1 aliphatic heterocycles. The predicted molar refractivity (Wildman–Crippen MR) is 127 cm³/mol. The summed E-state index contributed by atoms with van der Waals surface area (Å²) in [5, 5.41) is 1.22. The van der Waals surface area contributed by atoms with Crippen LogP contribution < -0.4 is 0 Å². The molecule has 0 aliphatic carbocycles. The van der Waals surface area contributed by atoms with Gasteiger partial charge in [-0.3, -0.25) is 4.79 Å². The first-order chi connectivity index (χ1) is 15.1. The molecular weight excluding hydrogens is 380 g/mol. The van der Waals surface area contributed by atoms with Crippen molar-refractivity contribution in [1.29, 1.82) is 0 Å². The fourth-order valence-corrected chi connectivity index (χ4v) is 4.95. The molecule has 0 saturated heterocycles. The summed E-state index contributed by atoms with van der Waals surface area (Å²) >= 11 is 0. The molecule has 31 heavy (non-hydrogen) atoms. The number of benzene rings is 3. The highest BCUT2D eigenvalue weighted by Crippen LogP contribution is 2.46. The van der Waals surface area contributed by atoms with Crippen LogP contribution in [0.2, 0.25) is 0 Å². The molecule has 0 N–H and O–H groups in total. The summed E-state index contributed by atoms with van der Waals surface area (Å²) in [6.45, 7) is 5.19. The minimum absolute atomic E-state index is 0.0799. The zero-order chi connectivity index (χ0) is 21.5. The molecule has 1 aromatic heterocycles. The van der Waals surface area contributed by atoms with Gasteiger partial charge in [0.25, 0.3) is 5.91 Å². The number of aromatic nitrogens is 1. The first-order valence-corrected chi connectivity index (χ1v) is 11.1. The van der Waals surface area contributed by atoms with Crippen molar-refractivity contribution < 1.29 is 4.79 Å². The van der Waals surface area contributed by atoms with Gasteiger partial charge in [0, 0.05) is 35.6 Å². The van der Waals surface area contributed by atoms with Crippen molar-refractivity contribution in [1.82, 2.24) is 9.47 Å². The molecule has 4 aromatic rings. The summed E-state index contributed by atoms with van der Waals surface area (Å²) in [5.41, 5.74) is 6.74. The number of amides is 1. The van der Waals surface area contributed by atoms with Gasteiger partial charge in [-0.1, -0.05) is 80.6 Å². The SMILES string of the molecule is CC(C)CCN1C(=O)c2ccccc2[C@@H]1c1c(-c2ccccc2)n(C)c2ccccc12. The van der Waals surface area contributed by atoms with Crippen molar-refractivity contribution in [3.05, 3.63) is 95.6 Å². The van der Waals surface area contributed by atoms with E-state index in [0.717, 1.165) is 24.1 Å². The Labute approximate surface area is 183 Å². The van der Waals surface area contributed by atoms with Crippen molar-refractivity contribution in [3.63, 3.8) is 0 Å². The summed E-state index contributed by atoms with van der Waals surface area (Å²) in [6.07, 6.45) is 0.988. The summed E-state index contributed by atoms with van der Waals surface area (Å²) in [7, 11) is 2.13.